The van der Waals surface area contributed by atoms with Crippen LogP contribution in [-0.4, -0.2) is 44.7 Å². The van der Waals surface area contributed by atoms with E-state index in [9.17, 15) is 9.59 Å². The molecule has 0 heterocycles. The number of nitrogens with two attached hydrogens (primary N) is 1. The Bertz CT molecular complexity index is 297. The van der Waals surface area contributed by atoms with Gasteiger partial charge in [-0.3, -0.25) is 9.59 Å². The van der Waals surface area contributed by atoms with Crippen molar-refractivity contribution in [1.29, 1.82) is 0 Å². The highest BCUT2D eigenvalue weighted by molar-refractivity contribution is 5.84. The van der Waals surface area contributed by atoms with Gasteiger partial charge in [0.25, 0.3) is 0 Å². The van der Waals surface area contributed by atoms with Gasteiger partial charge in [0.05, 0.1) is 13.2 Å². The summed E-state index contributed by atoms with van der Waals surface area (Å²) in [5.74, 6) is 0.104. The van der Waals surface area contributed by atoms with Crippen molar-refractivity contribution in [3.8, 4) is 0 Å². The zero-order chi connectivity index (χ0) is 14.1. The average Bonchev–Trinajstić information content (AvgIpc) is 2.37. The molecule has 1 rings (SSSR count). The van der Waals surface area contributed by atoms with E-state index in [1.54, 1.807) is 7.11 Å². The summed E-state index contributed by atoms with van der Waals surface area (Å²) in [5.41, 5.74) is 5.88. The molecule has 1 aliphatic rings. The molecule has 0 saturated heterocycles. The van der Waals surface area contributed by atoms with Gasteiger partial charge in [0, 0.05) is 26.1 Å². The second kappa shape index (κ2) is 8.87. The van der Waals surface area contributed by atoms with E-state index in [0.29, 0.717) is 25.5 Å². The Kier molecular flexibility index (Phi) is 7.43. The quantitative estimate of drug-likeness (QED) is 0.558. The van der Waals surface area contributed by atoms with Crippen LogP contribution in [0.4, 0.5) is 0 Å². The second-order valence-electron chi connectivity index (χ2n) is 5.12. The summed E-state index contributed by atoms with van der Waals surface area (Å²) in [5, 5.41) is 5.29. The van der Waals surface area contributed by atoms with Crippen molar-refractivity contribution in [2.24, 2.45) is 11.7 Å². The molecule has 0 aromatic carbocycles. The van der Waals surface area contributed by atoms with E-state index in [0.717, 1.165) is 25.7 Å². The van der Waals surface area contributed by atoms with Crippen LogP contribution in [-0.2, 0) is 14.3 Å². The smallest absolute Gasteiger partial charge is 0.239 e. The molecule has 0 bridgehead atoms. The summed E-state index contributed by atoms with van der Waals surface area (Å²) < 4.78 is 4.81. The molecule has 2 unspecified atom stereocenters. The molecule has 1 saturated carbocycles. The van der Waals surface area contributed by atoms with Crippen molar-refractivity contribution in [3.05, 3.63) is 0 Å². The van der Waals surface area contributed by atoms with Gasteiger partial charge in [-0.15, -0.1) is 0 Å². The average molecular weight is 271 g/mol. The molecule has 2 amide bonds. The molecule has 6 heteroatoms. The second-order valence-corrected chi connectivity index (χ2v) is 5.12. The van der Waals surface area contributed by atoms with Crippen molar-refractivity contribution >= 4 is 11.8 Å². The van der Waals surface area contributed by atoms with Gasteiger partial charge in [-0.25, -0.2) is 0 Å². The highest BCUT2D eigenvalue weighted by atomic mass is 16.5. The molecule has 0 aromatic rings. The molecule has 1 fully saturated rings. The molecular weight excluding hydrogens is 246 g/mol. The van der Waals surface area contributed by atoms with Crippen molar-refractivity contribution in [1.82, 2.24) is 10.6 Å². The number of hydrogen-bond acceptors (Lipinski definition) is 4. The maximum atomic E-state index is 11.7. The zero-order valence-electron chi connectivity index (χ0n) is 11.6. The Morgan fingerprint density at radius 3 is 2.74 bits per heavy atom. The van der Waals surface area contributed by atoms with E-state index in [4.69, 9.17) is 10.5 Å². The minimum atomic E-state index is -0.189. The van der Waals surface area contributed by atoms with E-state index >= 15 is 0 Å². The highest BCUT2D eigenvalue weighted by Crippen LogP contribution is 2.25. The van der Waals surface area contributed by atoms with Crippen molar-refractivity contribution < 1.29 is 14.3 Å². The number of carbonyl (C=O) groups is 2. The van der Waals surface area contributed by atoms with Gasteiger partial charge < -0.3 is 21.1 Å². The molecule has 0 spiro atoms. The molecule has 4 N–H and O–H groups in total. The van der Waals surface area contributed by atoms with Crippen LogP contribution in [0.3, 0.4) is 0 Å². The summed E-state index contributed by atoms with van der Waals surface area (Å²) in [4.78, 5) is 23.1. The Hall–Kier alpha value is -1.14. The minimum Gasteiger partial charge on any atom is -0.383 e. The van der Waals surface area contributed by atoms with Gasteiger partial charge in [0.1, 0.15) is 0 Å². The highest BCUT2D eigenvalue weighted by Gasteiger charge is 2.21. The summed E-state index contributed by atoms with van der Waals surface area (Å²) in [7, 11) is 1.57. The van der Waals surface area contributed by atoms with Gasteiger partial charge in [0.2, 0.25) is 11.8 Å². The fourth-order valence-electron chi connectivity index (χ4n) is 2.39. The zero-order valence-corrected chi connectivity index (χ0v) is 11.6. The summed E-state index contributed by atoms with van der Waals surface area (Å²) in [6.07, 6.45) is 4.59. The molecule has 19 heavy (non-hydrogen) atoms. The molecular formula is C13H25N3O3. The maximum Gasteiger partial charge on any atom is 0.239 e. The molecule has 2 atom stereocenters. The predicted molar refractivity (Wildman–Crippen MR) is 72.4 cm³/mol. The standard InChI is InChI=1S/C13H25N3O3/c1-19-6-5-15-13(18)9-16-12(17)8-10-3-2-4-11(14)7-10/h10-11H,2-9,14H2,1H3,(H,15,18)(H,16,17). The van der Waals surface area contributed by atoms with Gasteiger partial charge in [0.15, 0.2) is 0 Å². The van der Waals surface area contributed by atoms with Crippen molar-refractivity contribution in [2.45, 2.75) is 38.1 Å². The van der Waals surface area contributed by atoms with Gasteiger partial charge in [-0.05, 0) is 25.2 Å². The normalized spacial score (nSPS) is 22.8. The summed E-state index contributed by atoms with van der Waals surface area (Å²) in [6, 6.07) is 0.226. The lowest BCUT2D eigenvalue weighted by molar-refractivity contribution is -0.126. The molecule has 0 aliphatic heterocycles. The monoisotopic (exact) mass is 271 g/mol. The maximum absolute atomic E-state index is 11.7. The van der Waals surface area contributed by atoms with Crippen LogP contribution in [0.2, 0.25) is 0 Å². The molecule has 110 valence electrons. The van der Waals surface area contributed by atoms with Gasteiger partial charge in [-0.2, -0.15) is 0 Å². The number of hydrogen-bond donors (Lipinski definition) is 3. The molecule has 0 aromatic heterocycles. The SMILES string of the molecule is COCCNC(=O)CNC(=O)CC1CCCC(N)C1. The third-order valence-electron chi connectivity index (χ3n) is 3.37. The van der Waals surface area contributed by atoms with Crippen LogP contribution >= 0.6 is 0 Å². The summed E-state index contributed by atoms with van der Waals surface area (Å²) in [6.45, 7) is 0.962. The number of amides is 2. The van der Waals surface area contributed by atoms with Crippen LogP contribution in [0.25, 0.3) is 0 Å². The fraction of sp³-hybridized carbons (Fsp3) is 0.846. The Labute approximate surface area is 114 Å². The first-order chi connectivity index (χ1) is 9.11. The van der Waals surface area contributed by atoms with Crippen LogP contribution in [0, 0.1) is 5.92 Å². The number of carbonyl (C=O) groups excluding carboxylic acids is 2. The Morgan fingerprint density at radius 1 is 1.26 bits per heavy atom. The van der Waals surface area contributed by atoms with E-state index in [2.05, 4.69) is 10.6 Å². The van der Waals surface area contributed by atoms with Crippen LogP contribution in [0.1, 0.15) is 32.1 Å². The van der Waals surface area contributed by atoms with E-state index in [1.807, 2.05) is 0 Å². The Balaban J connectivity index is 2.11. The molecule has 0 radical (unpaired) electrons. The van der Waals surface area contributed by atoms with Crippen LogP contribution in [0.5, 0.6) is 0 Å². The first-order valence-corrected chi connectivity index (χ1v) is 6.89. The number of nitrogens with one attached hydrogen (secondary N) is 2. The first-order valence-electron chi connectivity index (χ1n) is 6.89. The predicted octanol–water partition coefficient (Wildman–Crippen LogP) is -0.227. The topological polar surface area (TPSA) is 93.5 Å². The van der Waals surface area contributed by atoms with Crippen molar-refractivity contribution in [2.75, 3.05) is 26.8 Å². The van der Waals surface area contributed by atoms with E-state index in [-0.39, 0.29) is 24.4 Å². The lowest BCUT2D eigenvalue weighted by atomic mass is 9.84. The summed E-state index contributed by atoms with van der Waals surface area (Å²) >= 11 is 0. The lowest BCUT2D eigenvalue weighted by Gasteiger charge is -2.25. The third-order valence-corrected chi connectivity index (χ3v) is 3.37. The van der Waals surface area contributed by atoms with Gasteiger partial charge >= 0.3 is 0 Å². The molecule has 1 aliphatic carbocycles. The minimum absolute atomic E-state index is 0.0291. The van der Waals surface area contributed by atoms with E-state index in [1.165, 1.54) is 0 Å². The van der Waals surface area contributed by atoms with Gasteiger partial charge in [-0.1, -0.05) is 6.42 Å². The lowest BCUT2D eigenvalue weighted by Crippen LogP contribution is -2.39. The number of methoxy groups -OCH3 is 1. The van der Waals surface area contributed by atoms with Crippen molar-refractivity contribution in [3.63, 3.8) is 0 Å². The third kappa shape index (κ3) is 7.12. The number of rotatable bonds is 7. The first kappa shape index (κ1) is 15.9. The number of ether oxygens (including phenoxy) is 1. The van der Waals surface area contributed by atoms with Crippen LogP contribution < -0.4 is 16.4 Å². The Morgan fingerprint density at radius 2 is 2.05 bits per heavy atom. The van der Waals surface area contributed by atoms with E-state index < -0.39 is 0 Å². The van der Waals surface area contributed by atoms with Crippen LogP contribution in [0.15, 0.2) is 0 Å². The fourth-order valence-corrected chi connectivity index (χ4v) is 2.39. The largest absolute Gasteiger partial charge is 0.383 e. The molecule has 6 nitrogen and oxygen atoms in total.